The van der Waals surface area contributed by atoms with Crippen molar-refractivity contribution in [1.82, 2.24) is 4.98 Å². The zero-order chi connectivity index (χ0) is 18.7. The van der Waals surface area contributed by atoms with Gasteiger partial charge < -0.3 is 15.8 Å². The van der Waals surface area contributed by atoms with Crippen molar-refractivity contribution in [2.24, 2.45) is 10.7 Å². The number of aliphatic imine (C=N–C) groups is 1. The number of hydrogen-bond donors (Lipinski definition) is 2. The van der Waals surface area contributed by atoms with E-state index in [-0.39, 0.29) is 17.1 Å². The van der Waals surface area contributed by atoms with Crippen LogP contribution in [0.5, 0.6) is 5.75 Å². The third-order valence-corrected chi connectivity index (χ3v) is 3.90. The number of alkyl halides is 3. The molecule has 0 radical (unpaired) electrons. The summed E-state index contributed by atoms with van der Waals surface area (Å²) in [4.78, 5) is 8.70. The van der Waals surface area contributed by atoms with Gasteiger partial charge in [-0.3, -0.25) is 0 Å². The van der Waals surface area contributed by atoms with Gasteiger partial charge in [-0.05, 0) is 24.3 Å². The number of nitrogens with zero attached hydrogens (tertiary/aromatic N) is 2. The number of rotatable bonds is 4. The third-order valence-electron chi connectivity index (χ3n) is 3.07. The Kier molecular flexibility index (Phi) is 5.56. The topological polar surface area (TPSA) is 72.5 Å². The molecule has 0 aliphatic rings. The zero-order valence-corrected chi connectivity index (χ0v) is 14.8. The van der Waals surface area contributed by atoms with E-state index in [1.165, 1.54) is 35.6 Å². The van der Waals surface area contributed by atoms with Crippen LogP contribution in [0.1, 0.15) is 31.5 Å². The van der Waals surface area contributed by atoms with Crippen molar-refractivity contribution in [3.05, 3.63) is 40.3 Å². The van der Waals surface area contributed by atoms with Crippen LogP contribution in [0.25, 0.3) is 0 Å². The van der Waals surface area contributed by atoms with Gasteiger partial charge in [0.25, 0.3) is 0 Å². The molecular formula is C16H19F3N4OS. The van der Waals surface area contributed by atoms with E-state index in [4.69, 9.17) is 5.73 Å². The van der Waals surface area contributed by atoms with E-state index in [9.17, 15) is 13.2 Å². The van der Waals surface area contributed by atoms with Gasteiger partial charge in [-0.1, -0.05) is 20.8 Å². The number of thiazole rings is 1. The van der Waals surface area contributed by atoms with Gasteiger partial charge >= 0.3 is 6.36 Å². The maximum atomic E-state index is 12.1. The van der Waals surface area contributed by atoms with Crippen molar-refractivity contribution in [3.8, 4) is 5.75 Å². The minimum absolute atomic E-state index is 0.0253. The Morgan fingerprint density at radius 2 is 1.88 bits per heavy atom. The molecule has 0 bridgehead atoms. The molecule has 1 aromatic heterocycles. The van der Waals surface area contributed by atoms with Gasteiger partial charge in [0.15, 0.2) is 5.96 Å². The average Bonchev–Trinajstić information content (AvgIpc) is 2.95. The Hall–Kier alpha value is -2.29. The minimum Gasteiger partial charge on any atom is -0.406 e. The van der Waals surface area contributed by atoms with Crippen molar-refractivity contribution in [2.45, 2.75) is 39.1 Å². The van der Waals surface area contributed by atoms with Crippen LogP contribution < -0.4 is 15.8 Å². The predicted octanol–water partition coefficient (Wildman–Crippen LogP) is 4.27. The molecule has 0 amide bonds. The number of anilines is 1. The predicted molar refractivity (Wildman–Crippen MR) is 92.9 cm³/mol. The molecule has 0 saturated heterocycles. The van der Waals surface area contributed by atoms with E-state index in [0.29, 0.717) is 12.2 Å². The van der Waals surface area contributed by atoms with E-state index in [0.717, 1.165) is 10.7 Å². The first-order valence-electron chi connectivity index (χ1n) is 7.40. The van der Waals surface area contributed by atoms with Gasteiger partial charge in [-0.15, -0.1) is 24.5 Å². The van der Waals surface area contributed by atoms with Crippen LogP contribution >= 0.6 is 11.3 Å². The first-order chi connectivity index (χ1) is 11.5. The Morgan fingerprint density at radius 1 is 1.24 bits per heavy atom. The van der Waals surface area contributed by atoms with E-state index in [1.54, 1.807) is 0 Å². The fraction of sp³-hybridized carbons (Fsp3) is 0.375. The first kappa shape index (κ1) is 19.0. The standard InChI is InChI=1S/C16H19F3N4OS/c1-15(2,3)12-9-25-13(23-12)8-21-14(20)22-10-4-6-11(7-5-10)24-16(17,18)19/h4-7,9H,8H2,1-3H3,(H3,20,21,22). The fourth-order valence-corrected chi connectivity index (χ4v) is 2.75. The summed E-state index contributed by atoms with van der Waals surface area (Å²) in [6.45, 7) is 6.57. The highest BCUT2D eigenvalue weighted by atomic mass is 32.1. The Bertz CT molecular complexity index is 733. The van der Waals surface area contributed by atoms with Crippen molar-refractivity contribution < 1.29 is 17.9 Å². The van der Waals surface area contributed by atoms with E-state index in [2.05, 4.69) is 40.8 Å². The molecule has 0 fully saturated rings. The maximum absolute atomic E-state index is 12.1. The number of benzene rings is 1. The molecule has 25 heavy (non-hydrogen) atoms. The quantitative estimate of drug-likeness (QED) is 0.621. The molecule has 0 unspecified atom stereocenters. The van der Waals surface area contributed by atoms with Crippen LogP contribution in [0.3, 0.4) is 0 Å². The van der Waals surface area contributed by atoms with Gasteiger partial charge in [0.05, 0.1) is 12.2 Å². The van der Waals surface area contributed by atoms with Crippen LogP contribution in [-0.2, 0) is 12.0 Å². The number of halogens is 3. The van der Waals surface area contributed by atoms with Crippen molar-refractivity contribution in [3.63, 3.8) is 0 Å². The lowest BCUT2D eigenvalue weighted by molar-refractivity contribution is -0.274. The highest BCUT2D eigenvalue weighted by molar-refractivity contribution is 7.09. The Labute approximate surface area is 147 Å². The van der Waals surface area contributed by atoms with Gasteiger partial charge in [0.1, 0.15) is 10.8 Å². The molecule has 2 rings (SSSR count). The van der Waals surface area contributed by atoms with Crippen molar-refractivity contribution >= 4 is 23.0 Å². The smallest absolute Gasteiger partial charge is 0.406 e. The molecular weight excluding hydrogens is 353 g/mol. The van der Waals surface area contributed by atoms with Crippen LogP contribution in [0.15, 0.2) is 34.6 Å². The molecule has 1 aromatic carbocycles. The zero-order valence-electron chi connectivity index (χ0n) is 14.0. The van der Waals surface area contributed by atoms with Crippen LogP contribution in [-0.4, -0.2) is 17.3 Å². The molecule has 9 heteroatoms. The molecule has 1 heterocycles. The van der Waals surface area contributed by atoms with E-state index < -0.39 is 6.36 Å². The minimum atomic E-state index is -4.71. The summed E-state index contributed by atoms with van der Waals surface area (Å²) in [6.07, 6.45) is -4.71. The summed E-state index contributed by atoms with van der Waals surface area (Å²) in [7, 11) is 0. The summed E-state index contributed by atoms with van der Waals surface area (Å²) in [5.41, 5.74) is 7.26. The lowest BCUT2D eigenvalue weighted by Gasteiger charge is -2.14. The highest BCUT2D eigenvalue weighted by Crippen LogP contribution is 2.25. The average molecular weight is 372 g/mol. The lowest BCUT2D eigenvalue weighted by Crippen LogP contribution is -2.22. The number of nitrogens with one attached hydrogen (secondary N) is 1. The van der Waals surface area contributed by atoms with Crippen molar-refractivity contribution in [1.29, 1.82) is 0 Å². The van der Waals surface area contributed by atoms with Crippen LogP contribution in [0, 0.1) is 0 Å². The van der Waals surface area contributed by atoms with Crippen LogP contribution in [0.2, 0.25) is 0 Å². The SMILES string of the molecule is CC(C)(C)c1csc(CN=C(N)Nc2ccc(OC(F)(F)F)cc2)n1. The number of hydrogen-bond acceptors (Lipinski definition) is 4. The largest absolute Gasteiger partial charge is 0.573 e. The molecule has 136 valence electrons. The second-order valence-corrected chi connectivity index (χ2v) is 7.22. The summed E-state index contributed by atoms with van der Waals surface area (Å²) in [5.74, 6) is -0.150. The fourth-order valence-electron chi connectivity index (χ4n) is 1.81. The summed E-state index contributed by atoms with van der Waals surface area (Å²) >= 11 is 1.51. The molecule has 2 aromatic rings. The van der Waals surface area contributed by atoms with Crippen molar-refractivity contribution in [2.75, 3.05) is 5.32 Å². The monoisotopic (exact) mass is 372 g/mol. The first-order valence-corrected chi connectivity index (χ1v) is 8.28. The Morgan fingerprint density at radius 3 is 2.40 bits per heavy atom. The van der Waals surface area contributed by atoms with Gasteiger partial charge in [0.2, 0.25) is 0 Å². The summed E-state index contributed by atoms with van der Waals surface area (Å²) < 4.78 is 40.1. The van der Waals surface area contributed by atoms with Gasteiger partial charge in [-0.2, -0.15) is 0 Å². The molecule has 0 aliphatic heterocycles. The van der Waals surface area contributed by atoms with Gasteiger partial charge in [0, 0.05) is 16.5 Å². The third kappa shape index (κ3) is 6.26. The molecule has 5 nitrogen and oxygen atoms in total. The Balaban J connectivity index is 1.94. The number of guanidine groups is 1. The summed E-state index contributed by atoms with van der Waals surface area (Å²) in [5, 5.41) is 5.64. The molecule has 0 spiro atoms. The lowest BCUT2D eigenvalue weighted by atomic mass is 9.93. The van der Waals surface area contributed by atoms with E-state index in [1.807, 2.05) is 5.38 Å². The molecule has 0 atom stereocenters. The normalized spacial score (nSPS) is 13.0. The number of nitrogens with two attached hydrogens (primary N) is 1. The molecule has 3 N–H and O–H groups in total. The molecule has 0 aliphatic carbocycles. The molecule has 0 saturated carbocycles. The second kappa shape index (κ2) is 7.30. The van der Waals surface area contributed by atoms with Crippen LogP contribution in [0.4, 0.5) is 18.9 Å². The number of aromatic nitrogens is 1. The van der Waals surface area contributed by atoms with E-state index >= 15 is 0 Å². The van der Waals surface area contributed by atoms with Gasteiger partial charge in [-0.25, -0.2) is 9.98 Å². The highest BCUT2D eigenvalue weighted by Gasteiger charge is 2.30. The maximum Gasteiger partial charge on any atom is 0.573 e. The number of ether oxygens (including phenoxy) is 1. The summed E-state index contributed by atoms with van der Waals surface area (Å²) in [6, 6.07) is 5.23. The second-order valence-electron chi connectivity index (χ2n) is 6.28.